The Bertz CT molecular complexity index is 425. The average Bonchev–Trinajstić information content (AvgIpc) is 2.15. The molecule has 0 unspecified atom stereocenters. The molecule has 1 aromatic rings. The number of carbonyl (C=O) groups is 1. The number of ketones is 1. The monoisotopic (exact) mass is 320 g/mol. The lowest BCUT2D eigenvalue weighted by Crippen LogP contribution is -2.19. The fourth-order valence-corrected chi connectivity index (χ4v) is 1.86. The van der Waals surface area contributed by atoms with E-state index in [0.29, 0.717) is 0 Å². The third kappa shape index (κ3) is 3.08. The van der Waals surface area contributed by atoms with Crippen LogP contribution >= 0.6 is 58.0 Å². The van der Waals surface area contributed by atoms with Gasteiger partial charge in [-0.1, -0.05) is 58.0 Å². The molecule has 2 nitrogen and oxygen atoms in total. The van der Waals surface area contributed by atoms with Gasteiger partial charge in [0, 0.05) is 5.56 Å². The van der Waals surface area contributed by atoms with Crippen LogP contribution in [0.3, 0.4) is 0 Å². The zero-order chi connectivity index (χ0) is 12.5. The summed E-state index contributed by atoms with van der Waals surface area (Å²) in [5, 5.41) is 0.371. The number of rotatable bonds is 2. The van der Waals surface area contributed by atoms with Crippen molar-refractivity contribution in [2.24, 2.45) is 0 Å². The molecule has 16 heavy (non-hydrogen) atoms. The van der Waals surface area contributed by atoms with Crippen LogP contribution in [0.1, 0.15) is 10.4 Å². The van der Waals surface area contributed by atoms with E-state index in [0.717, 1.165) is 0 Å². The molecule has 0 radical (unpaired) electrons. The van der Waals surface area contributed by atoms with Gasteiger partial charge in [-0.05, 0) is 12.1 Å². The SMILES string of the molecule is COc1cc(C(=O)C(Cl)(Cl)Cl)c(Cl)cc1Cl. The van der Waals surface area contributed by atoms with Crippen molar-refractivity contribution in [3.63, 3.8) is 0 Å². The lowest BCUT2D eigenvalue weighted by atomic mass is 10.1. The number of methoxy groups -OCH3 is 1. The predicted octanol–water partition coefficient (Wildman–Crippen LogP) is 4.55. The summed E-state index contributed by atoms with van der Waals surface area (Å²) < 4.78 is 2.86. The van der Waals surface area contributed by atoms with Crippen molar-refractivity contribution >= 4 is 63.8 Å². The molecule has 0 saturated carbocycles. The number of ether oxygens (including phenoxy) is 1. The lowest BCUT2D eigenvalue weighted by molar-refractivity contribution is 0.0996. The van der Waals surface area contributed by atoms with Crippen molar-refractivity contribution in [2.75, 3.05) is 7.11 Å². The molecule has 1 aromatic carbocycles. The topological polar surface area (TPSA) is 26.3 Å². The first-order valence-electron chi connectivity index (χ1n) is 3.92. The minimum Gasteiger partial charge on any atom is -0.495 e. The minimum atomic E-state index is -2.07. The molecule has 0 aromatic heterocycles. The fourth-order valence-electron chi connectivity index (χ4n) is 1.01. The molecule has 7 heteroatoms. The van der Waals surface area contributed by atoms with E-state index in [1.807, 2.05) is 0 Å². The molecule has 0 N–H and O–H groups in total. The fraction of sp³-hybridized carbons (Fsp3) is 0.222. The highest BCUT2D eigenvalue weighted by Gasteiger charge is 2.33. The highest BCUT2D eigenvalue weighted by Crippen LogP contribution is 2.37. The zero-order valence-electron chi connectivity index (χ0n) is 7.86. The molecule has 88 valence electrons. The summed E-state index contributed by atoms with van der Waals surface area (Å²) in [6.45, 7) is 0. The van der Waals surface area contributed by atoms with Crippen LogP contribution in [0, 0.1) is 0 Å². The van der Waals surface area contributed by atoms with Gasteiger partial charge in [0.25, 0.3) is 3.79 Å². The molecule has 1 rings (SSSR count). The van der Waals surface area contributed by atoms with Crippen molar-refractivity contribution in [2.45, 2.75) is 3.79 Å². The van der Waals surface area contributed by atoms with Crippen LogP contribution in [0.4, 0.5) is 0 Å². The predicted molar refractivity (Wildman–Crippen MR) is 67.6 cm³/mol. The lowest BCUT2D eigenvalue weighted by Gasteiger charge is -2.12. The number of benzene rings is 1. The third-order valence-electron chi connectivity index (χ3n) is 1.74. The van der Waals surface area contributed by atoms with Crippen LogP contribution < -0.4 is 4.74 Å². The van der Waals surface area contributed by atoms with Crippen LogP contribution in [-0.2, 0) is 0 Å². The Kier molecular flexibility index (Phi) is 4.61. The molecule has 0 aliphatic heterocycles. The second-order valence-electron chi connectivity index (χ2n) is 2.79. The van der Waals surface area contributed by atoms with E-state index in [1.54, 1.807) is 0 Å². The van der Waals surface area contributed by atoms with Gasteiger partial charge in [-0.2, -0.15) is 0 Å². The van der Waals surface area contributed by atoms with Gasteiger partial charge in [0.1, 0.15) is 5.75 Å². The Morgan fingerprint density at radius 1 is 1.19 bits per heavy atom. The van der Waals surface area contributed by atoms with Crippen molar-refractivity contribution in [3.8, 4) is 5.75 Å². The highest BCUT2D eigenvalue weighted by atomic mass is 35.6. The minimum absolute atomic E-state index is 0.0444. The Morgan fingerprint density at radius 2 is 1.75 bits per heavy atom. The first-order chi connectivity index (χ1) is 7.27. The summed E-state index contributed by atoms with van der Waals surface area (Å²) in [7, 11) is 1.40. The first-order valence-corrected chi connectivity index (χ1v) is 5.81. The Hall–Kier alpha value is 0.140. The molecular weight excluding hydrogens is 317 g/mol. The summed E-state index contributed by atoms with van der Waals surface area (Å²) in [4.78, 5) is 11.7. The normalized spacial score (nSPS) is 11.4. The molecule has 0 atom stereocenters. The summed E-state index contributed by atoms with van der Waals surface area (Å²) in [6.07, 6.45) is 0. The van der Waals surface area contributed by atoms with Crippen molar-refractivity contribution in [1.29, 1.82) is 0 Å². The van der Waals surface area contributed by atoms with Gasteiger partial charge in [-0.25, -0.2) is 0 Å². The molecule has 0 saturated heterocycles. The maximum absolute atomic E-state index is 11.7. The van der Waals surface area contributed by atoms with Crippen molar-refractivity contribution < 1.29 is 9.53 Å². The molecule has 0 amide bonds. The number of alkyl halides is 3. The quantitative estimate of drug-likeness (QED) is 0.589. The molecule has 0 aliphatic rings. The van der Waals surface area contributed by atoms with Crippen LogP contribution in [0.5, 0.6) is 5.75 Å². The maximum atomic E-state index is 11.7. The Balaban J connectivity index is 3.30. The first kappa shape index (κ1) is 14.2. The number of hydrogen-bond donors (Lipinski definition) is 0. The smallest absolute Gasteiger partial charge is 0.253 e. The van der Waals surface area contributed by atoms with Crippen molar-refractivity contribution in [3.05, 3.63) is 27.7 Å². The number of hydrogen-bond acceptors (Lipinski definition) is 2. The van der Waals surface area contributed by atoms with Gasteiger partial charge in [0.15, 0.2) is 0 Å². The standard InChI is InChI=1S/C9H5Cl5O2/c1-16-7-2-4(5(10)3-6(7)11)8(15)9(12,13)14/h2-3H,1H3. The van der Waals surface area contributed by atoms with Gasteiger partial charge in [0.2, 0.25) is 5.78 Å². The van der Waals surface area contributed by atoms with Gasteiger partial charge >= 0.3 is 0 Å². The summed E-state index contributed by atoms with van der Waals surface area (Å²) in [5.41, 5.74) is 0.0444. The third-order valence-corrected chi connectivity index (χ3v) is 2.87. The largest absolute Gasteiger partial charge is 0.495 e. The van der Waals surface area contributed by atoms with Crippen LogP contribution in [0.15, 0.2) is 12.1 Å². The molecule has 0 fully saturated rings. The molecular formula is C9H5Cl5O2. The second kappa shape index (κ2) is 5.19. The van der Waals surface area contributed by atoms with E-state index in [9.17, 15) is 4.79 Å². The van der Waals surface area contributed by atoms with Crippen molar-refractivity contribution in [1.82, 2.24) is 0 Å². The van der Waals surface area contributed by atoms with E-state index >= 15 is 0 Å². The van der Waals surface area contributed by atoms with E-state index in [1.165, 1.54) is 19.2 Å². The second-order valence-corrected chi connectivity index (χ2v) is 5.89. The number of halogens is 5. The highest BCUT2D eigenvalue weighted by molar-refractivity contribution is 6.77. The van der Waals surface area contributed by atoms with E-state index < -0.39 is 9.58 Å². The Morgan fingerprint density at radius 3 is 2.19 bits per heavy atom. The van der Waals surface area contributed by atoms with Crippen LogP contribution in [0.2, 0.25) is 10.0 Å². The van der Waals surface area contributed by atoms with E-state index in [4.69, 9.17) is 62.7 Å². The van der Waals surface area contributed by atoms with Gasteiger partial charge < -0.3 is 4.74 Å². The number of Topliss-reactive ketones (excluding diaryl/α,β-unsaturated/α-hetero) is 1. The van der Waals surface area contributed by atoms with Crippen LogP contribution in [0.25, 0.3) is 0 Å². The van der Waals surface area contributed by atoms with E-state index in [2.05, 4.69) is 0 Å². The van der Waals surface area contributed by atoms with Crippen LogP contribution in [-0.4, -0.2) is 16.7 Å². The average molecular weight is 322 g/mol. The van der Waals surface area contributed by atoms with Gasteiger partial charge in [-0.15, -0.1) is 0 Å². The van der Waals surface area contributed by atoms with E-state index in [-0.39, 0.29) is 21.4 Å². The van der Waals surface area contributed by atoms with Gasteiger partial charge in [-0.3, -0.25) is 4.79 Å². The maximum Gasteiger partial charge on any atom is 0.253 e. The Labute approximate surface area is 117 Å². The molecule has 0 spiro atoms. The molecule has 0 heterocycles. The number of carbonyl (C=O) groups excluding carboxylic acids is 1. The summed E-state index contributed by atoms with van der Waals surface area (Å²) >= 11 is 28.0. The summed E-state index contributed by atoms with van der Waals surface area (Å²) in [6, 6.07) is 2.68. The van der Waals surface area contributed by atoms with Gasteiger partial charge in [0.05, 0.1) is 17.2 Å². The molecule has 0 bridgehead atoms. The summed E-state index contributed by atoms with van der Waals surface area (Å²) in [5.74, 6) is -0.457. The molecule has 0 aliphatic carbocycles. The zero-order valence-corrected chi connectivity index (χ0v) is 11.6.